The van der Waals surface area contributed by atoms with E-state index in [1.807, 2.05) is 36.4 Å². The lowest BCUT2D eigenvalue weighted by Crippen LogP contribution is -2.32. The molecule has 3 aromatic rings. The fourth-order valence-electron chi connectivity index (χ4n) is 3.23. The number of imidazole rings is 1. The Bertz CT molecular complexity index is 809. The second-order valence-corrected chi connectivity index (χ2v) is 5.62. The molecule has 1 aliphatic heterocycles. The first-order valence-electron chi connectivity index (χ1n) is 7.21. The van der Waals surface area contributed by atoms with Crippen LogP contribution in [0.15, 0.2) is 48.5 Å². The summed E-state index contributed by atoms with van der Waals surface area (Å²) in [7, 11) is 0. The Balaban J connectivity index is 1.99. The van der Waals surface area contributed by atoms with Crippen molar-refractivity contribution in [3.05, 3.63) is 59.9 Å². The summed E-state index contributed by atoms with van der Waals surface area (Å²) in [6.45, 7) is 2.93. The summed E-state index contributed by atoms with van der Waals surface area (Å²) in [6.07, 6.45) is 0. The van der Waals surface area contributed by atoms with Gasteiger partial charge < -0.3 is 9.88 Å². The van der Waals surface area contributed by atoms with E-state index in [4.69, 9.17) is 0 Å². The number of benzene rings is 2. The number of halogens is 1. The Labute approximate surface area is 122 Å². The van der Waals surface area contributed by atoms with Crippen molar-refractivity contribution >= 4 is 17.0 Å². The minimum atomic E-state index is -0.153. The molecule has 0 bridgehead atoms. The molecule has 0 fully saturated rings. The van der Waals surface area contributed by atoms with E-state index in [0.717, 1.165) is 29.1 Å². The summed E-state index contributed by atoms with van der Waals surface area (Å²) in [4.78, 5) is 4.62. The van der Waals surface area contributed by atoms with Crippen molar-refractivity contribution in [1.82, 2.24) is 9.55 Å². The predicted molar refractivity (Wildman–Crippen MR) is 81.9 cm³/mol. The molecule has 4 rings (SSSR count). The average Bonchev–Trinajstić information content (AvgIpc) is 2.87. The van der Waals surface area contributed by atoms with Gasteiger partial charge in [0.25, 0.3) is 0 Å². The molecule has 4 heteroatoms. The van der Waals surface area contributed by atoms with Crippen molar-refractivity contribution in [3.8, 4) is 0 Å². The number of fused-ring (bicyclic) bond motifs is 3. The zero-order valence-corrected chi connectivity index (χ0v) is 11.8. The standard InChI is InChI=1S/C17H16FN3/c1-11-10-19-17-20-14-8-4-5-9-15(14)21(17)16(11)12-6-2-3-7-13(12)18/h2-9,11,16H,10H2,1H3,(H,19,20). The van der Waals surface area contributed by atoms with Crippen LogP contribution in [0.4, 0.5) is 10.3 Å². The SMILES string of the molecule is CC1CNc2nc3ccccc3n2C1c1ccccc1F. The average molecular weight is 281 g/mol. The third kappa shape index (κ3) is 1.82. The summed E-state index contributed by atoms with van der Waals surface area (Å²) < 4.78 is 16.4. The minimum Gasteiger partial charge on any atom is -0.355 e. The summed E-state index contributed by atoms with van der Waals surface area (Å²) in [5.74, 6) is 0.953. The molecule has 2 unspecified atom stereocenters. The highest BCUT2D eigenvalue weighted by molar-refractivity contribution is 5.79. The van der Waals surface area contributed by atoms with Crippen LogP contribution in [0.25, 0.3) is 11.0 Å². The van der Waals surface area contributed by atoms with Crippen LogP contribution in [-0.4, -0.2) is 16.1 Å². The van der Waals surface area contributed by atoms with Crippen molar-refractivity contribution in [2.45, 2.75) is 13.0 Å². The van der Waals surface area contributed by atoms with Crippen molar-refractivity contribution in [3.63, 3.8) is 0 Å². The number of rotatable bonds is 1. The molecule has 21 heavy (non-hydrogen) atoms. The zero-order valence-electron chi connectivity index (χ0n) is 11.8. The quantitative estimate of drug-likeness (QED) is 0.734. The van der Waals surface area contributed by atoms with Gasteiger partial charge in [-0.05, 0) is 24.1 Å². The number of hydrogen-bond acceptors (Lipinski definition) is 2. The molecule has 1 aromatic heterocycles. The topological polar surface area (TPSA) is 29.9 Å². The zero-order chi connectivity index (χ0) is 14.4. The number of nitrogens with one attached hydrogen (secondary N) is 1. The van der Waals surface area contributed by atoms with Gasteiger partial charge in [-0.3, -0.25) is 0 Å². The van der Waals surface area contributed by atoms with Crippen LogP contribution in [-0.2, 0) is 0 Å². The Hall–Kier alpha value is -2.36. The van der Waals surface area contributed by atoms with Crippen LogP contribution < -0.4 is 5.32 Å². The van der Waals surface area contributed by atoms with Crippen LogP contribution in [0, 0.1) is 11.7 Å². The van der Waals surface area contributed by atoms with Gasteiger partial charge in [0.15, 0.2) is 0 Å². The number of para-hydroxylation sites is 2. The maximum atomic E-state index is 14.3. The van der Waals surface area contributed by atoms with E-state index < -0.39 is 0 Å². The fraction of sp³-hybridized carbons (Fsp3) is 0.235. The monoisotopic (exact) mass is 281 g/mol. The molecule has 2 atom stereocenters. The molecule has 0 radical (unpaired) electrons. The summed E-state index contributed by atoms with van der Waals surface area (Å²) in [5.41, 5.74) is 2.71. The van der Waals surface area contributed by atoms with Crippen molar-refractivity contribution < 1.29 is 4.39 Å². The van der Waals surface area contributed by atoms with Gasteiger partial charge >= 0.3 is 0 Å². The maximum absolute atomic E-state index is 14.3. The number of anilines is 1. The van der Waals surface area contributed by atoms with Gasteiger partial charge in [0.05, 0.1) is 17.1 Å². The van der Waals surface area contributed by atoms with Gasteiger partial charge in [0.1, 0.15) is 5.82 Å². The number of hydrogen-bond donors (Lipinski definition) is 1. The summed E-state index contributed by atoms with van der Waals surface area (Å²) >= 11 is 0. The van der Waals surface area contributed by atoms with Gasteiger partial charge in [0, 0.05) is 12.1 Å². The van der Waals surface area contributed by atoms with E-state index in [1.165, 1.54) is 6.07 Å². The molecule has 0 saturated heterocycles. The van der Waals surface area contributed by atoms with Gasteiger partial charge in [-0.25, -0.2) is 9.37 Å². The Morgan fingerprint density at radius 3 is 2.76 bits per heavy atom. The molecule has 0 amide bonds. The third-order valence-corrected chi connectivity index (χ3v) is 4.22. The lowest BCUT2D eigenvalue weighted by Gasteiger charge is -2.33. The molecule has 2 heterocycles. The fourth-order valence-corrected chi connectivity index (χ4v) is 3.23. The third-order valence-electron chi connectivity index (χ3n) is 4.22. The molecular formula is C17H16FN3. The van der Waals surface area contributed by atoms with E-state index in [0.29, 0.717) is 0 Å². The number of aromatic nitrogens is 2. The molecule has 2 aromatic carbocycles. The molecule has 1 N–H and O–H groups in total. The van der Waals surface area contributed by atoms with Gasteiger partial charge in [-0.2, -0.15) is 0 Å². The maximum Gasteiger partial charge on any atom is 0.204 e. The Kier molecular flexibility index (Phi) is 2.70. The predicted octanol–water partition coefficient (Wildman–Crippen LogP) is 3.83. The van der Waals surface area contributed by atoms with Gasteiger partial charge in [0.2, 0.25) is 5.95 Å². The molecule has 0 spiro atoms. The highest BCUT2D eigenvalue weighted by Crippen LogP contribution is 2.37. The largest absolute Gasteiger partial charge is 0.355 e. The normalized spacial score (nSPS) is 21.0. The second-order valence-electron chi connectivity index (χ2n) is 5.62. The van der Waals surface area contributed by atoms with E-state index in [-0.39, 0.29) is 17.8 Å². The van der Waals surface area contributed by atoms with Gasteiger partial charge in [-0.15, -0.1) is 0 Å². The van der Waals surface area contributed by atoms with E-state index in [1.54, 1.807) is 6.07 Å². The summed E-state index contributed by atoms with van der Waals surface area (Å²) in [5, 5.41) is 3.35. The molecule has 0 aliphatic carbocycles. The summed E-state index contributed by atoms with van der Waals surface area (Å²) in [6, 6.07) is 15.0. The van der Waals surface area contributed by atoms with Crippen molar-refractivity contribution in [2.24, 2.45) is 5.92 Å². The smallest absolute Gasteiger partial charge is 0.204 e. The highest BCUT2D eigenvalue weighted by Gasteiger charge is 2.31. The van der Waals surface area contributed by atoms with E-state index >= 15 is 0 Å². The van der Waals surface area contributed by atoms with E-state index in [2.05, 4.69) is 21.8 Å². The molecule has 1 aliphatic rings. The first-order chi connectivity index (χ1) is 10.3. The van der Waals surface area contributed by atoms with Crippen LogP contribution in [0.2, 0.25) is 0 Å². The Morgan fingerprint density at radius 1 is 1.14 bits per heavy atom. The van der Waals surface area contributed by atoms with E-state index in [9.17, 15) is 4.39 Å². The minimum absolute atomic E-state index is 0.0325. The highest BCUT2D eigenvalue weighted by atomic mass is 19.1. The Morgan fingerprint density at radius 2 is 1.90 bits per heavy atom. The van der Waals surface area contributed by atoms with Crippen molar-refractivity contribution in [1.29, 1.82) is 0 Å². The molecule has 0 saturated carbocycles. The molecule has 3 nitrogen and oxygen atoms in total. The lowest BCUT2D eigenvalue weighted by atomic mass is 9.92. The number of nitrogens with zero attached hydrogens (tertiary/aromatic N) is 2. The second kappa shape index (κ2) is 4.58. The molecular weight excluding hydrogens is 265 g/mol. The lowest BCUT2D eigenvalue weighted by molar-refractivity contribution is 0.395. The molecule has 106 valence electrons. The van der Waals surface area contributed by atoms with Crippen molar-refractivity contribution in [2.75, 3.05) is 11.9 Å². The van der Waals surface area contributed by atoms with Crippen LogP contribution in [0.3, 0.4) is 0 Å². The van der Waals surface area contributed by atoms with Crippen LogP contribution in [0.1, 0.15) is 18.5 Å². The van der Waals surface area contributed by atoms with Crippen LogP contribution in [0.5, 0.6) is 0 Å². The van der Waals surface area contributed by atoms with Gasteiger partial charge in [-0.1, -0.05) is 37.3 Å². The first-order valence-corrected chi connectivity index (χ1v) is 7.21. The van der Waals surface area contributed by atoms with Crippen LogP contribution >= 0.6 is 0 Å². The first kappa shape index (κ1) is 12.4.